The number of nitrogens with zero attached hydrogens (tertiary/aromatic N) is 2. The zero-order valence-electron chi connectivity index (χ0n) is 10.2. The minimum absolute atomic E-state index is 0.150. The van der Waals surface area contributed by atoms with E-state index in [4.69, 9.17) is 5.11 Å². The summed E-state index contributed by atoms with van der Waals surface area (Å²) in [6.45, 7) is 1.92. The van der Waals surface area contributed by atoms with E-state index in [0.717, 1.165) is 17.0 Å². The maximum Gasteiger partial charge on any atom is 0.303 e. The number of carbonyl (C=O) groups is 1. The van der Waals surface area contributed by atoms with Crippen molar-refractivity contribution in [2.24, 2.45) is 0 Å². The Balaban J connectivity index is 2.14. The molecule has 5 heteroatoms. The van der Waals surface area contributed by atoms with Crippen LogP contribution in [0.5, 0.6) is 0 Å². The van der Waals surface area contributed by atoms with Crippen LogP contribution in [0.25, 0.3) is 11.3 Å². The van der Waals surface area contributed by atoms with Crippen LogP contribution in [0, 0.1) is 6.92 Å². The number of hydrogen-bond acceptors (Lipinski definition) is 3. The van der Waals surface area contributed by atoms with Crippen LogP contribution in [0.3, 0.4) is 0 Å². The van der Waals surface area contributed by atoms with Crippen LogP contribution in [-0.4, -0.2) is 26.0 Å². The van der Waals surface area contributed by atoms with Gasteiger partial charge in [-0.05, 0) is 25.5 Å². The van der Waals surface area contributed by atoms with E-state index in [1.807, 2.05) is 31.5 Å². The highest BCUT2D eigenvalue weighted by Crippen LogP contribution is 2.17. The minimum Gasteiger partial charge on any atom is -0.481 e. The first-order valence-corrected chi connectivity index (χ1v) is 5.84. The molecule has 2 heterocycles. The minimum atomic E-state index is -0.784. The van der Waals surface area contributed by atoms with Gasteiger partial charge in [0.1, 0.15) is 5.82 Å². The summed E-state index contributed by atoms with van der Waals surface area (Å²) in [7, 11) is 0. The number of aromatic nitrogens is 3. The SMILES string of the molecule is Cc1cc(-c2cc[nH]c2)nc(CCCC(=O)O)n1. The lowest BCUT2D eigenvalue weighted by Gasteiger charge is -2.04. The maximum absolute atomic E-state index is 10.5. The standard InChI is InChI=1S/C13H15N3O2/c1-9-7-11(10-5-6-14-8-10)16-12(15-9)3-2-4-13(17)18/h5-8,14H,2-4H2,1H3,(H,17,18). The van der Waals surface area contributed by atoms with Gasteiger partial charge in [-0.2, -0.15) is 0 Å². The molecule has 0 amide bonds. The summed E-state index contributed by atoms with van der Waals surface area (Å²) in [6, 6.07) is 3.87. The number of aromatic amines is 1. The lowest BCUT2D eigenvalue weighted by atomic mass is 10.2. The molecule has 0 saturated heterocycles. The van der Waals surface area contributed by atoms with E-state index >= 15 is 0 Å². The van der Waals surface area contributed by atoms with Gasteiger partial charge in [-0.15, -0.1) is 0 Å². The Morgan fingerprint density at radius 3 is 2.94 bits per heavy atom. The van der Waals surface area contributed by atoms with Crippen molar-refractivity contribution in [2.45, 2.75) is 26.2 Å². The number of carboxylic acids is 1. The molecule has 0 unspecified atom stereocenters. The first-order chi connectivity index (χ1) is 8.65. The van der Waals surface area contributed by atoms with Gasteiger partial charge in [0, 0.05) is 36.5 Å². The van der Waals surface area contributed by atoms with E-state index in [1.54, 1.807) is 0 Å². The second-order valence-corrected chi connectivity index (χ2v) is 4.16. The third-order valence-electron chi connectivity index (χ3n) is 2.59. The normalized spacial score (nSPS) is 10.5. The van der Waals surface area contributed by atoms with E-state index in [-0.39, 0.29) is 6.42 Å². The van der Waals surface area contributed by atoms with Crippen LogP contribution in [-0.2, 0) is 11.2 Å². The zero-order chi connectivity index (χ0) is 13.0. The van der Waals surface area contributed by atoms with Crippen LogP contribution in [0.15, 0.2) is 24.5 Å². The van der Waals surface area contributed by atoms with Gasteiger partial charge in [0.15, 0.2) is 0 Å². The van der Waals surface area contributed by atoms with Crippen molar-refractivity contribution in [3.63, 3.8) is 0 Å². The molecule has 2 aromatic rings. The first kappa shape index (κ1) is 12.3. The third-order valence-corrected chi connectivity index (χ3v) is 2.59. The summed E-state index contributed by atoms with van der Waals surface area (Å²) in [4.78, 5) is 22.2. The van der Waals surface area contributed by atoms with E-state index in [0.29, 0.717) is 18.7 Å². The van der Waals surface area contributed by atoms with E-state index in [1.165, 1.54) is 0 Å². The van der Waals surface area contributed by atoms with Gasteiger partial charge in [-0.1, -0.05) is 0 Å². The van der Waals surface area contributed by atoms with Gasteiger partial charge < -0.3 is 10.1 Å². The summed E-state index contributed by atoms with van der Waals surface area (Å²) in [5.74, 6) is -0.0824. The average Bonchev–Trinajstić information content (AvgIpc) is 2.81. The fourth-order valence-corrected chi connectivity index (χ4v) is 1.77. The van der Waals surface area contributed by atoms with Crippen molar-refractivity contribution in [2.75, 3.05) is 0 Å². The van der Waals surface area contributed by atoms with Crippen molar-refractivity contribution >= 4 is 5.97 Å². The Morgan fingerprint density at radius 1 is 1.44 bits per heavy atom. The van der Waals surface area contributed by atoms with Crippen molar-refractivity contribution in [1.82, 2.24) is 15.0 Å². The molecule has 18 heavy (non-hydrogen) atoms. The highest BCUT2D eigenvalue weighted by atomic mass is 16.4. The molecule has 2 aromatic heterocycles. The van der Waals surface area contributed by atoms with Gasteiger partial charge in [0.25, 0.3) is 0 Å². The predicted octanol–water partition coefficient (Wildman–Crippen LogP) is 2.19. The summed E-state index contributed by atoms with van der Waals surface area (Å²) >= 11 is 0. The Kier molecular flexibility index (Phi) is 3.72. The highest BCUT2D eigenvalue weighted by Gasteiger charge is 2.06. The fraction of sp³-hybridized carbons (Fsp3) is 0.308. The lowest BCUT2D eigenvalue weighted by Crippen LogP contribution is -2.01. The van der Waals surface area contributed by atoms with Gasteiger partial charge >= 0.3 is 5.97 Å². The molecular formula is C13H15N3O2. The van der Waals surface area contributed by atoms with Gasteiger partial charge in [0.05, 0.1) is 5.69 Å². The first-order valence-electron chi connectivity index (χ1n) is 5.84. The lowest BCUT2D eigenvalue weighted by molar-refractivity contribution is -0.137. The molecule has 2 rings (SSSR count). The molecule has 0 radical (unpaired) electrons. The number of nitrogens with one attached hydrogen (secondary N) is 1. The summed E-state index contributed by atoms with van der Waals surface area (Å²) < 4.78 is 0. The number of carboxylic acid groups (broad SMARTS) is 1. The van der Waals surface area contributed by atoms with Crippen molar-refractivity contribution in [1.29, 1.82) is 0 Å². The molecule has 94 valence electrons. The predicted molar refractivity (Wildman–Crippen MR) is 67.1 cm³/mol. The third kappa shape index (κ3) is 3.16. The van der Waals surface area contributed by atoms with Crippen LogP contribution in [0.2, 0.25) is 0 Å². The number of hydrogen-bond donors (Lipinski definition) is 2. The molecule has 0 bridgehead atoms. The van der Waals surface area contributed by atoms with Gasteiger partial charge in [-0.3, -0.25) is 4.79 Å². The quantitative estimate of drug-likeness (QED) is 0.846. The number of aliphatic carboxylic acids is 1. The smallest absolute Gasteiger partial charge is 0.303 e. The number of rotatable bonds is 5. The van der Waals surface area contributed by atoms with Crippen LogP contribution in [0.4, 0.5) is 0 Å². The van der Waals surface area contributed by atoms with Crippen molar-refractivity contribution in [3.05, 3.63) is 36.0 Å². The molecule has 0 spiro atoms. The van der Waals surface area contributed by atoms with Crippen LogP contribution < -0.4 is 0 Å². The molecule has 0 aliphatic rings. The highest BCUT2D eigenvalue weighted by molar-refractivity contribution is 5.66. The van der Waals surface area contributed by atoms with E-state index < -0.39 is 5.97 Å². The molecule has 0 aliphatic carbocycles. The molecule has 2 N–H and O–H groups in total. The molecular weight excluding hydrogens is 230 g/mol. The molecule has 0 atom stereocenters. The zero-order valence-corrected chi connectivity index (χ0v) is 10.2. The van der Waals surface area contributed by atoms with Gasteiger partial charge in [0.2, 0.25) is 0 Å². The summed E-state index contributed by atoms with van der Waals surface area (Å²) in [5, 5.41) is 8.61. The molecule has 0 aliphatic heterocycles. The second-order valence-electron chi connectivity index (χ2n) is 4.16. The fourth-order valence-electron chi connectivity index (χ4n) is 1.77. The largest absolute Gasteiger partial charge is 0.481 e. The molecule has 0 aromatic carbocycles. The topological polar surface area (TPSA) is 78.9 Å². The molecule has 0 fully saturated rings. The number of aryl methyl sites for hydroxylation is 2. The summed E-state index contributed by atoms with van der Waals surface area (Å²) in [5.41, 5.74) is 2.78. The maximum atomic E-state index is 10.5. The Morgan fingerprint density at radius 2 is 2.28 bits per heavy atom. The van der Waals surface area contributed by atoms with E-state index in [2.05, 4.69) is 15.0 Å². The van der Waals surface area contributed by atoms with Crippen molar-refractivity contribution in [3.8, 4) is 11.3 Å². The Labute approximate surface area is 105 Å². The summed E-state index contributed by atoms with van der Waals surface area (Å²) in [6.07, 6.45) is 5.02. The van der Waals surface area contributed by atoms with Crippen LogP contribution >= 0.6 is 0 Å². The molecule has 5 nitrogen and oxygen atoms in total. The van der Waals surface area contributed by atoms with Crippen molar-refractivity contribution < 1.29 is 9.90 Å². The number of H-pyrrole nitrogens is 1. The molecule has 0 saturated carbocycles. The Bertz CT molecular complexity index is 535. The van der Waals surface area contributed by atoms with Crippen LogP contribution in [0.1, 0.15) is 24.4 Å². The van der Waals surface area contributed by atoms with Gasteiger partial charge in [-0.25, -0.2) is 9.97 Å². The van der Waals surface area contributed by atoms with E-state index in [9.17, 15) is 4.79 Å². The Hall–Kier alpha value is -2.17. The average molecular weight is 245 g/mol. The second kappa shape index (κ2) is 5.44. The monoisotopic (exact) mass is 245 g/mol.